The number of hydrogen-bond donors (Lipinski definition) is 0. The van der Waals surface area contributed by atoms with Gasteiger partial charge in [0.1, 0.15) is 0 Å². The van der Waals surface area contributed by atoms with Gasteiger partial charge in [0, 0.05) is 12.2 Å². The first-order valence-electron chi connectivity index (χ1n) is 6.58. The number of rotatable bonds is 4. The van der Waals surface area contributed by atoms with Crippen LogP contribution in [0.1, 0.15) is 40.5 Å². The van der Waals surface area contributed by atoms with Gasteiger partial charge in [-0.2, -0.15) is 0 Å². The molecule has 18 heavy (non-hydrogen) atoms. The van der Waals surface area contributed by atoms with Crippen LogP contribution < -0.4 is 0 Å². The molecule has 0 saturated carbocycles. The molecule has 1 aliphatic rings. The number of nitrogens with zero attached hydrogens (tertiary/aromatic N) is 1. The Hall–Kier alpha value is -1.50. The summed E-state index contributed by atoms with van der Waals surface area (Å²) in [5.74, 6) is 0. The van der Waals surface area contributed by atoms with Crippen molar-refractivity contribution < 1.29 is 0 Å². The molecule has 0 N–H and O–H groups in total. The molecule has 0 heterocycles. The molecular weight excluding hydrogens is 218 g/mol. The highest BCUT2D eigenvalue weighted by atomic mass is 15.1. The van der Waals surface area contributed by atoms with Crippen LogP contribution in [-0.4, -0.2) is 11.4 Å². The lowest BCUT2D eigenvalue weighted by Gasteiger charge is -2.17. The zero-order chi connectivity index (χ0) is 14.0. The van der Waals surface area contributed by atoms with Crippen LogP contribution in [0.2, 0.25) is 0 Å². The molecule has 0 aromatic carbocycles. The van der Waals surface area contributed by atoms with Gasteiger partial charge < -0.3 is 4.90 Å². The van der Waals surface area contributed by atoms with Crippen molar-refractivity contribution in [2.75, 3.05) is 6.54 Å². The third-order valence-corrected chi connectivity index (χ3v) is 2.84. The van der Waals surface area contributed by atoms with Crippen LogP contribution in [0, 0.1) is 0 Å². The maximum atomic E-state index is 3.80. The van der Waals surface area contributed by atoms with E-state index in [1.165, 1.54) is 11.1 Å². The Bertz CT molecular complexity index is 356. The Labute approximate surface area is 113 Å². The van der Waals surface area contributed by atoms with Gasteiger partial charge in [-0.15, -0.1) is 0 Å². The predicted octanol–water partition coefficient (Wildman–Crippen LogP) is 5.21. The molecule has 0 saturated heterocycles. The molecule has 0 bridgehead atoms. The van der Waals surface area contributed by atoms with Crippen LogP contribution in [0.15, 0.2) is 60.5 Å². The van der Waals surface area contributed by atoms with E-state index < -0.39 is 0 Å². The SMILES string of the molecule is C=CN(CCC)C(=C)C.CC1=CC=CCC=C1C. The molecule has 1 aliphatic carbocycles. The summed E-state index contributed by atoms with van der Waals surface area (Å²) in [5, 5.41) is 0. The van der Waals surface area contributed by atoms with E-state index in [0.717, 1.165) is 25.1 Å². The fourth-order valence-corrected chi connectivity index (χ4v) is 1.51. The molecule has 1 heteroatoms. The number of allylic oxidation sites excluding steroid dienone is 7. The normalized spacial score (nSPS) is 13.6. The van der Waals surface area contributed by atoms with Crippen LogP contribution in [0.25, 0.3) is 0 Å². The van der Waals surface area contributed by atoms with Gasteiger partial charge in [0.15, 0.2) is 0 Å². The smallest absolute Gasteiger partial charge is 0.0219 e. The molecular formula is C17H27N. The van der Waals surface area contributed by atoms with Gasteiger partial charge in [-0.1, -0.05) is 50.0 Å². The van der Waals surface area contributed by atoms with E-state index in [1.807, 2.05) is 18.0 Å². The summed E-state index contributed by atoms with van der Waals surface area (Å²) >= 11 is 0. The Balaban J connectivity index is 0.000000321. The molecule has 0 fully saturated rings. The molecule has 100 valence electrons. The zero-order valence-electron chi connectivity index (χ0n) is 12.4. The minimum Gasteiger partial charge on any atom is -0.353 e. The topological polar surface area (TPSA) is 3.24 Å². The van der Waals surface area contributed by atoms with Gasteiger partial charge in [-0.25, -0.2) is 0 Å². The standard InChI is InChI=1S/C9H12.C8H15N/c1-8-6-4-3-5-7-9(8)2;1-5-7-9(6-2)8(3)4/h3-4,6-7H,5H2,1-2H3;6H,2-3,5,7H2,1,4H3. The van der Waals surface area contributed by atoms with Crippen molar-refractivity contribution in [1.29, 1.82) is 0 Å². The van der Waals surface area contributed by atoms with E-state index in [2.05, 4.69) is 58.2 Å². The summed E-state index contributed by atoms with van der Waals surface area (Å²) in [4.78, 5) is 2.04. The van der Waals surface area contributed by atoms with E-state index in [-0.39, 0.29) is 0 Å². The summed E-state index contributed by atoms with van der Waals surface area (Å²) in [6.07, 6.45) is 12.7. The molecule has 0 spiro atoms. The third kappa shape index (κ3) is 6.95. The third-order valence-electron chi connectivity index (χ3n) is 2.84. The van der Waals surface area contributed by atoms with Crippen LogP contribution in [-0.2, 0) is 0 Å². The van der Waals surface area contributed by atoms with Crippen molar-refractivity contribution in [3.63, 3.8) is 0 Å². The monoisotopic (exact) mass is 245 g/mol. The largest absolute Gasteiger partial charge is 0.353 e. The second kappa shape index (κ2) is 9.52. The average molecular weight is 245 g/mol. The van der Waals surface area contributed by atoms with Gasteiger partial charge >= 0.3 is 0 Å². The molecule has 0 radical (unpaired) electrons. The van der Waals surface area contributed by atoms with Crippen LogP contribution in [0.4, 0.5) is 0 Å². The first-order valence-corrected chi connectivity index (χ1v) is 6.58. The summed E-state index contributed by atoms with van der Waals surface area (Å²) in [7, 11) is 0. The van der Waals surface area contributed by atoms with Crippen molar-refractivity contribution >= 4 is 0 Å². The zero-order valence-corrected chi connectivity index (χ0v) is 12.4. The highest BCUT2D eigenvalue weighted by Crippen LogP contribution is 2.11. The molecule has 0 amide bonds. The molecule has 1 rings (SSSR count). The van der Waals surface area contributed by atoms with E-state index in [4.69, 9.17) is 0 Å². The quantitative estimate of drug-likeness (QED) is 0.657. The van der Waals surface area contributed by atoms with E-state index in [1.54, 1.807) is 0 Å². The van der Waals surface area contributed by atoms with Crippen molar-refractivity contribution in [2.24, 2.45) is 0 Å². The lowest BCUT2D eigenvalue weighted by atomic mass is 10.1. The Morgan fingerprint density at radius 2 is 2.06 bits per heavy atom. The van der Waals surface area contributed by atoms with Crippen LogP contribution in [0.3, 0.4) is 0 Å². The van der Waals surface area contributed by atoms with Gasteiger partial charge in [-0.3, -0.25) is 0 Å². The lowest BCUT2D eigenvalue weighted by molar-refractivity contribution is 0.466. The maximum Gasteiger partial charge on any atom is 0.0219 e. The van der Waals surface area contributed by atoms with Crippen molar-refractivity contribution in [1.82, 2.24) is 4.90 Å². The number of hydrogen-bond acceptors (Lipinski definition) is 1. The Morgan fingerprint density at radius 3 is 2.50 bits per heavy atom. The molecule has 0 atom stereocenters. The molecule has 0 aliphatic heterocycles. The lowest BCUT2D eigenvalue weighted by Crippen LogP contribution is -2.13. The van der Waals surface area contributed by atoms with Crippen molar-refractivity contribution in [3.05, 3.63) is 60.5 Å². The van der Waals surface area contributed by atoms with E-state index in [9.17, 15) is 0 Å². The minimum absolute atomic E-state index is 1.03. The molecule has 0 unspecified atom stereocenters. The second-order valence-corrected chi connectivity index (χ2v) is 4.51. The summed E-state index contributed by atoms with van der Waals surface area (Å²) < 4.78 is 0. The van der Waals surface area contributed by atoms with Crippen LogP contribution in [0.5, 0.6) is 0 Å². The predicted molar refractivity (Wildman–Crippen MR) is 83.3 cm³/mol. The maximum absolute atomic E-state index is 3.80. The van der Waals surface area contributed by atoms with E-state index in [0.29, 0.717) is 0 Å². The van der Waals surface area contributed by atoms with Gasteiger partial charge in [-0.05, 0) is 45.4 Å². The fourth-order valence-electron chi connectivity index (χ4n) is 1.51. The Morgan fingerprint density at radius 1 is 1.39 bits per heavy atom. The van der Waals surface area contributed by atoms with Gasteiger partial charge in [0.2, 0.25) is 0 Å². The first kappa shape index (κ1) is 16.5. The molecule has 1 nitrogen and oxygen atoms in total. The van der Waals surface area contributed by atoms with Crippen LogP contribution >= 0.6 is 0 Å². The fraction of sp³-hybridized carbons (Fsp3) is 0.412. The summed E-state index contributed by atoms with van der Waals surface area (Å²) in [5.41, 5.74) is 3.84. The average Bonchev–Trinajstić information content (AvgIpc) is 2.52. The Kier molecular flexibility index (Phi) is 8.73. The minimum atomic E-state index is 1.03. The van der Waals surface area contributed by atoms with Gasteiger partial charge in [0.05, 0.1) is 0 Å². The second-order valence-electron chi connectivity index (χ2n) is 4.51. The first-order chi connectivity index (χ1) is 8.52. The van der Waals surface area contributed by atoms with Crippen molar-refractivity contribution in [2.45, 2.75) is 40.5 Å². The van der Waals surface area contributed by atoms with E-state index >= 15 is 0 Å². The molecule has 0 aromatic rings. The van der Waals surface area contributed by atoms with Gasteiger partial charge in [0.25, 0.3) is 0 Å². The summed E-state index contributed by atoms with van der Waals surface area (Å²) in [6, 6.07) is 0. The van der Waals surface area contributed by atoms with Crippen molar-refractivity contribution in [3.8, 4) is 0 Å². The highest BCUT2D eigenvalue weighted by molar-refractivity contribution is 5.32. The highest BCUT2D eigenvalue weighted by Gasteiger charge is 1.93. The summed E-state index contributed by atoms with van der Waals surface area (Å²) in [6.45, 7) is 16.9. The molecule has 0 aromatic heterocycles.